The Hall–Kier alpha value is -4.33. The molecule has 33 heavy (non-hydrogen) atoms. The van der Waals surface area contributed by atoms with E-state index in [4.69, 9.17) is 0 Å². The van der Waals surface area contributed by atoms with Crippen molar-refractivity contribution >= 4 is 28.4 Å². The molecule has 3 nitrogen and oxygen atoms in total. The first-order chi connectivity index (χ1) is 16.2. The number of para-hydroxylation sites is 2. The van der Waals surface area contributed by atoms with Gasteiger partial charge in [-0.15, -0.1) is 11.3 Å². The molecule has 4 aromatic carbocycles. The summed E-state index contributed by atoms with van der Waals surface area (Å²) in [5, 5.41) is 19.0. The highest BCUT2D eigenvalue weighted by Crippen LogP contribution is 2.38. The van der Waals surface area contributed by atoms with Gasteiger partial charge in [0.25, 0.3) is 0 Å². The lowest BCUT2D eigenvalue weighted by molar-refractivity contribution is 0.473. The number of hydrogen-bond donors (Lipinski definition) is 1. The van der Waals surface area contributed by atoms with E-state index in [-0.39, 0.29) is 11.3 Å². The van der Waals surface area contributed by atoms with Gasteiger partial charge in [-0.3, -0.25) is 0 Å². The van der Waals surface area contributed by atoms with E-state index in [0.717, 1.165) is 37.9 Å². The van der Waals surface area contributed by atoms with Gasteiger partial charge in [-0.05, 0) is 77.9 Å². The molecule has 0 fully saturated rings. The SMILES string of the molecule is N#Cc1cc(-c2ccc(-c3ccc(N(c4ccccc4)c4ccccc4)cc3)s2)ccc1O. The Balaban J connectivity index is 1.47. The number of phenolic OH excluding ortho intramolecular Hbond substituents is 1. The fourth-order valence-corrected chi connectivity index (χ4v) is 4.81. The maximum atomic E-state index is 9.78. The smallest absolute Gasteiger partial charge is 0.133 e. The molecule has 0 atom stereocenters. The third-order valence-corrected chi connectivity index (χ3v) is 6.63. The van der Waals surface area contributed by atoms with Crippen molar-refractivity contribution < 1.29 is 5.11 Å². The van der Waals surface area contributed by atoms with Gasteiger partial charge in [0.1, 0.15) is 11.8 Å². The minimum Gasteiger partial charge on any atom is -0.507 e. The number of rotatable bonds is 5. The van der Waals surface area contributed by atoms with Crippen molar-refractivity contribution in [3.05, 3.63) is 121 Å². The van der Waals surface area contributed by atoms with Crippen LogP contribution in [-0.4, -0.2) is 5.11 Å². The number of nitriles is 1. The predicted octanol–water partition coefficient (Wildman–Crippen LogP) is 8.13. The molecule has 1 aromatic heterocycles. The van der Waals surface area contributed by atoms with E-state index in [2.05, 4.69) is 65.6 Å². The quantitative estimate of drug-likeness (QED) is 0.298. The Bertz CT molecular complexity index is 1380. The largest absolute Gasteiger partial charge is 0.507 e. The van der Waals surface area contributed by atoms with Crippen LogP contribution in [0, 0.1) is 11.3 Å². The Kier molecular flexibility index (Phi) is 5.63. The number of phenols is 1. The molecule has 5 aromatic rings. The van der Waals surface area contributed by atoms with E-state index in [1.165, 1.54) is 0 Å². The standard InChI is InChI=1S/C29H20N2OS/c30-20-23-19-22(13-16-27(23)32)29-18-17-28(33-29)21-11-14-26(15-12-21)31(24-7-3-1-4-8-24)25-9-5-2-6-10-25/h1-19,32H. The fourth-order valence-electron chi connectivity index (χ4n) is 3.80. The molecule has 0 bridgehead atoms. The molecule has 0 saturated carbocycles. The van der Waals surface area contributed by atoms with Crippen molar-refractivity contribution in [1.82, 2.24) is 0 Å². The monoisotopic (exact) mass is 444 g/mol. The molecule has 0 amide bonds. The van der Waals surface area contributed by atoms with Crippen molar-refractivity contribution in [1.29, 1.82) is 5.26 Å². The highest BCUT2D eigenvalue weighted by molar-refractivity contribution is 7.18. The molecule has 158 valence electrons. The number of hydrogen-bond acceptors (Lipinski definition) is 4. The van der Waals surface area contributed by atoms with Crippen LogP contribution in [0.4, 0.5) is 17.1 Å². The molecule has 0 aliphatic heterocycles. The van der Waals surface area contributed by atoms with Gasteiger partial charge in [-0.2, -0.15) is 5.26 Å². The van der Waals surface area contributed by atoms with Crippen LogP contribution in [0.3, 0.4) is 0 Å². The second kappa shape index (κ2) is 9.04. The van der Waals surface area contributed by atoms with Crippen molar-refractivity contribution in [3.8, 4) is 32.7 Å². The summed E-state index contributed by atoms with van der Waals surface area (Å²) in [5.74, 6) is 0.00926. The molecule has 0 radical (unpaired) electrons. The van der Waals surface area contributed by atoms with E-state index >= 15 is 0 Å². The van der Waals surface area contributed by atoms with Gasteiger partial charge < -0.3 is 10.0 Å². The molecule has 5 rings (SSSR count). The molecular weight excluding hydrogens is 424 g/mol. The molecule has 0 saturated heterocycles. The average Bonchev–Trinajstić information content (AvgIpc) is 3.37. The summed E-state index contributed by atoms with van der Waals surface area (Å²) < 4.78 is 0. The average molecular weight is 445 g/mol. The van der Waals surface area contributed by atoms with Crippen molar-refractivity contribution in [2.75, 3.05) is 4.90 Å². The van der Waals surface area contributed by atoms with Crippen molar-refractivity contribution in [3.63, 3.8) is 0 Å². The zero-order chi connectivity index (χ0) is 22.6. The van der Waals surface area contributed by atoms with E-state index < -0.39 is 0 Å². The lowest BCUT2D eigenvalue weighted by atomic mass is 10.1. The zero-order valence-electron chi connectivity index (χ0n) is 17.7. The Morgan fingerprint density at radius 2 is 1.12 bits per heavy atom. The number of aromatic hydroxyl groups is 1. The lowest BCUT2D eigenvalue weighted by Gasteiger charge is -2.25. The molecule has 1 heterocycles. The van der Waals surface area contributed by atoms with Gasteiger partial charge in [0.15, 0.2) is 0 Å². The third-order valence-electron chi connectivity index (χ3n) is 5.45. The first-order valence-electron chi connectivity index (χ1n) is 10.6. The lowest BCUT2D eigenvalue weighted by Crippen LogP contribution is -2.09. The topological polar surface area (TPSA) is 47.3 Å². The molecule has 4 heteroatoms. The first kappa shape index (κ1) is 20.6. The van der Waals surface area contributed by atoms with Crippen LogP contribution in [0.2, 0.25) is 0 Å². The summed E-state index contributed by atoms with van der Waals surface area (Å²) in [6.07, 6.45) is 0. The highest BCUT2D eigenvalue weighted by atomic mass is 32.1. The highest BCUT2D eigenvalue weighted by Gasteiger charge is 2.13. The molecule has 0 spiro atoms. The van der Waals surface area contributed by atoms with E-state index in [1.54, 1.807) is 23.5 Å². The number of benzene rings is 4. The fraction of sp³-hybridized carbons (Fsp3) is 0. The van der Waals surface area contributed by atoms with Crippen LogP contribution in [-0.2, 0) is 0 Å². The van der Waals surface area contributed by atoms with Gasteiger partial charge in [-0.1, -0.05) is 48.5 Å². The van der Waals surface area contributed by atoms with Gasteiger partial charge in [0.2, 0.25) is 0 Å². The minimum atomic E-state index is 0.00926. The summed E-state index contributed by atoms with van der Waals surface area (Å²) >= 11 is 1.67. The van der Waals surface area contributed by atoms with Crippen LogP contribution in [0.5, 0.6) is 5.75 Å². The summed E-state index contributed by atoms with van der Waals surface area (Å²) in [7, 11) is 0. The van der Waals surface area contributed by atoms with E-state index in [1.807, 2.05) is 48.5 Å². The number of anilines is 3. The van der Waals surface area contributed by atoms with Crippen LogP contribution < -0.4 is 4.90 Å². The maximum absolute atomic E-state index is 9.78. The van der Waals surface area contributed by atoms with E-state index in [0.29, 0.717) is 0 Å². The van der Waals surface area contributed by atoms with Gasteiger partial charge in [0.05, 0.1) is 5.56 Å². The second-order valence-corrected chi connectivity index (χ2v) is 8.64. The second-order valence-electron chi connectivity index (χ2n) is 7.56. The van der Waals surface area contributed by atoms with Crippen LogP contribution >= 0.6 is 11.3 Å². The zero-order valence-corrected chi connectivity index (χ0v) is 18.5. The molecule has 0 aliphatic carbocycles. The van der Waals surface area contributed by atoms with Gasteiger partial charge >= 0.3 is 0 Å². The maximum Gasteiger partial charge on any atom is 0.133 e. The number of thiophene rings is 1. The molecule has 0 unspecified atom stereocenters. The molecule has 0 aliphatic rings. The molecular formula is C29H20N2OS. The van der Waals surface area contributed by atoms with Crippen LogP contribution in [0.25, 0.3) is 20.9 Å². The van der Waals surface area contributed by atoms with Crippen LogP contribution in [0.15, 0.2) is 115 Å². The third kappa shape index (κ3) is 4.23. The first-order valence-corrected chi connectivity index (χ1v) is 11.4. The van der Waals surface area contributed by atoms with Crippen molar-refractivity contribution in [2.45, 2.75) is 0 Å². The normalized spacial score (nSPS) is 10.5. The van der Waals surface area contributed by atoms with Crippen molar-refractivity contribution in [2.24, 2.45) is 0 Å². The van der Waals surface area contributed by atoms with Crippen LogP contribution in [0.1, 0.15) is 5.56 Å². The predicted molar refractivity (Wildman–Crippen MR) is 136 cm³/mol. The summed E-state index contributed by atoms with van der Waals surface area (Å²) in [4.78, 5) is 4.44. The summed E-state index contributed by atoms with van der Waals surface area (Å²) in [6.45, 7) is 0. The Labute approximate surface area is 197 Å². The summed E-state index contributed by atoms with van der Waals surface area (Å²) in [5.41, 5.74) is 5.65. The minimum absolute atomic E-state index is 0.00926. The van der Waals surface area contributed by atoms with E-state index in [9.17, 15) is 10.4 Å². The van der Waals surface area contributed by atoms with Gasteiger partial charge in [-0.25, -0.2) is 0 Å². The summed E-state index contributed by atoms with van der Waals surface area (Å²) in [6, 6.07) is 40.6. The Morgan fingerprint density at radius 1 is 0.606 bits per heavy atom. The van der Waals surface area contributed by atoms with Gasteiger partial charge in [0, 0.05) is 26.8 Å². The molecule has 1 N–H and O–H groups in total. The Morgan fingerprint density at radius 3 is 1.70 bits per heavy atom. The number of nitrogens with zero attached hydrogens (tertiary/aromatic N) is 2.